The number of nitrogens with zero attached hydrogens (tertiary/aromatic N) is 5. The van der Waals surface area contributed by atoms with Crippen molar-refractivity contribution in [2.24, 2.45) is 10.2 Å². The molecule has 0 amide bonds. The van der Waals surface area contributed by atoms with Gasteiger partial charge in [-0.3, -0.25) is 4.90 Å². The number of azo groups is 1. The lowest BCUT2D eigenvalue weighted by Gasteiger charge is -2.25. The molecule has 3 rings (SSSR count). The predicted molar refractivity (Wildman–Crippen MR) is 165 cm³/mol. The number of hydrogen-bond acceptors (Lipinski definition) is 11. The van der Waals surface area contributed by atoms with Gasteiger partial charge in [0.05, 0.1) is 37.7 Å². The molecule has 0 fully saturated rings. The lowest BCUT2D eigenvalue weighted by molar-refractivity contribution is 0.0992. The number of anilines is 3. The molecule has 0 radical (unpaired) electrons. The maximum atomic E-state index is 9.96. The highest BCUT2D eigenvalue weighted by Gasteiger charge is 2.18. The summed E-state index contributed by atoms with van der Waals surface area (Å²) < 4.78 is 5.37. The summed E-state index contributed by atoms with van der Waals surface area (Å²) in [7, 11) is 0. The van der Waals surface area contributed by atoms with Crippen molar-refractivity contribution in [3.05, 3.63) is 65.7 Å². The van der Waals surface area contributed by atoms with Crippen molar-refractivity contribution in [1.29, 1.82) is 5.26 Å². The van der Waals surface area contributed by atoms with Gasteiger partial charge in [-0.1, -0.05) is 18.2 Å². The van der Waals surface area contributed by atoms with Crippen LogP contribution < -0.4 is 10.6 Å². The maximum Gasteiger partial charge on any atom is 0.156 e. The van der Waals surface area contributed by atoms with Gasteiger partial charge in [0.2, 0.25) is 0 Å². The van der Waals surface area contributed by atoms with E-state index in [1.165, 1.54) is 0 Å². The van der Waals surface area contributed by atoms with Crippen LogP contribution in [0.4, 0.5) is 28.7 Å². The summed E-state index contributed by atoms with van der Waals surface area (Å²) in [6.07, 6.45) is 0. The van der Waals surface area contributed by atoms with Crippen LogP contribution in [0.5, 0.6) is 0 Å². The van der Waals surface area contributed by atoms with Gasteiger partial charge in [0.1, 0.15) is 11.8 Å². The van der Waals surface area contributed by atoms with Crippen molar-refractivity contribution in [3.8, 4) is 6.07 Å². The Morgan fingerprint density at radius 1 is 1.00 bits per heavy atom. The van der Waals surface area contributed by atoms with E-state index in [0.717, 1.165) is 22.9 Å². The number of aliphatic hydroxyl groups excluding tert-OH is 2. The molecular formula is C30H39N7O3S. The average molecular weight is 578 g/mol. The van der Waals surface area contributed by atoms with Crippen LogP contribution in [0.15, 0.2) is 69.7 Å². The van der Waals surface area contributed by atoms with Crippen molar-refractivity contribution >= 4 is 40.5 Å². The normalized spacial score (nSPS) is 11.4. The highest BCUT2D eigenvalue weighted by Crippen LogP contribution is 2.36. The summed E-state index contributed by atoms with van der Waals surface area (Å²) in [6, 6.07) is 20.0. The number of hydrogen-bond donors (Lipinski definition) is 4. The third-order valence-corrected chi connectivity index (χ3v) is 7.20. The van der Waals surface area contributed by atoms with Gasteiger partial charge in [0, 0.05) is 47.6 Å². The van der Waals surface area contributed by atoms with Gasteiger partial charge in [0.15, 0.2) is 11.6 Å². The summed E-state index contributed by atoms with van der Waals surface area (Å²) in [4.78, 5) is 8.07. The van der Waals surface area contributed by atoms with Crippen LogP contribution in [-0.2, 0) is 4.74 Å². The van der Waals surface area contributed by atoms with Gasteiger partial charge in [-0.05, 0) is 57.2 Å². The second kappa shape index (κ2) is 17.3. The van der Waals surface area contributed by atoms with Gasteiger partial charge in [-0.2, -0.15) is 10.4 Å². The fourth-order valence-corrected chi connectivity index (χ4v) is 4.88. The van der Waals surface area contributed by atoms with Gasteiger partial charge in [0.25, 0.3) is 0 Å². The second-order valence-electron chi connectivity index (χ2n) is 9.42. The monoisotopic (exact) mass is 577 g/mol. The Bertz CT molecular complexity index is 1280. The van der Waals surface area contributed by atoms with Gasteiger partial charge in [-0.15, -0.1) is 16.9 Å². The molecule has 0 aliphatic carbocycles. The van der Waals surface area contributed by atoms with E-state index in [-0.39, 0.29) is 19.8 Å². The molecule has 0 bridgehead atoms. The van der Waals surface area contributed by atoms with Crippen molar-refractivity contribution in [2.45, 2.75) is 31.7 Å². The number of pyridine rings is 1. The zero-order valence-electron chi connectivity index (χ0n) is 23.9. The molecule has 0 spiro atoms. The number of rotatable bonds is 17. The minimum atomic E-state index is -0.0454. The fourth-order valence-electron chi connectivity index (χ4n) is 3.99. The standard InChI is InChI=1S/C30H39N7O3S/c1-22(2)37(14-16-38)15-20-41-26-11-9-25(10-12-26)35-36-28-23(3)27(21-31)29(33-24-7-5-4-6-8-24)34-30(28)32-13-18-40-19-17-39/h4-12,22,38-39H,13-20H2,1-3H3,(H2,32,33,34). The van der Waals surface area contributed by atoms with E-state index in [1.807, 2.05) is 61.5 Å². The Kier molecular flexibility index (Phi) is 13.5. The maximum absolute atomic E-state index is 9.96. The summed E-state index contributed by atoms with van der Waals surface area (Å²) in [6.45, 7) is 8.84. The second-order valence-corrected chi connectivity index (χ2v) is 10.6. The lowest BCUT2D eigenvalue weighted by atomic mass is 10.1. The first kappa shape index (κ1) is 32.0. The van der Waals surface area contributed by atoms with Crippen LogP contribution in [0.1, 0.15) is 25.0 Å². The third-order valence-electron chi connectivity index (χ3n) is 6.20. The van der Waals surface area contributed by atoms with E-state index in [4.69, 9.17) is 14.8 Å². The summed E-state index contributed by atoms with van der Waals surface area (Å²) in [5.74, 6) is 1.81. The number of benzene rings is 2. The molecule has 0 saturated carbocycles. The first-order valence-corrected chi connectivity index (χ1v) is 14.6. The number of thioether (sulfide) groups is 1. The molecule has 0 atom stereocenters. The summed E-state index contributed by atoms with van der Waals surface area (Å²) in [5.41, 5.74) is 2.99. The highest BCUT2D eigenvalue weighted by atomic mass is 32.2. The number of nitriles is 1. The molecule has 3 aromatic rings. The van der Waals surface area contributed by atoms with Crippen LogP contribution in [0.2, 0.25) is 0 Å². The summed E-state index contributed by atoms with van der Waals surface area (Å²) >= 11 is 1.76. The molecule has 11 heteroatoms. The third kappa shape index (κ3) is 10.1. The Hall–Kier alpha value is -3.53. The molecule has 41 heavy (non-hydrogen) atoms. The Morgan fingerprint density at radius 3 is 2.41 bits per heavy atom. The average Bonchev–Trinajstić information content (AvgIpc) is 2.97. The first-order chi connectivity index (χ1) is 20.0. The molecule has 4 N–H and O–H groups in total. The Morgan fingerprint density at radius 2 is 1.76 bits per heavy atom. The van der Waals surface area contributed by atoms with Crippen molar-refractivity contribution in [2.75, 3.05) is 62.4 Å². The van der Waals surface area contributed by atoms with Gasteiger partial charge < -0.3 is 25.6 Å². The molecule has 0 aliphatic heterocycles. The molecule has 2 aromatic carbocycles. The molecule has 10 nitrogen and oxygen atoms in total. The molecule has 0 aliphatic rings. The van der Waals surface area contributed by atoms with Gasteiger partial charge >= 0.3 is 0 Å². The highest BCUT2D eigenvalue weighted by molar-refractivity contribution is 7.99. The van der Waals surface area contributed by atoms with Crippen LogP contribution >= 0.6 is 11.8 Å². The summed E-state index contributed by atoms with van der Waals surface area (Å²) in [5, 5.41) is 43.6. The van der Waals surface area contributed by atoms with E-state index < -0.39 is 0 Å². The van der Waals surface area contributed by atoms with E-state index in [2.05, 4.69) is 45.7 Å². The van der Waals surface area contributed by atoms with Crippen molar-refractivity contribution in [3.63, 3.8) is 0 Å². The predicted octanol–water partition coefficient (Wildman–Crippen LogP) is 5.64. The van der Waals surface area contributed by atoms with Crippen LogP contribution in [-0.4, -0.2) is 78.0 Å². The molecule has 1 heterocycles. The molecule has 1 aromatic heterocycles. The number of aromatic nitrogens is 1. The minimum Gasteiger partial charge on any atom is -0.395 e. The van der Waals surface area contributed by atoms with E-state index in [0.29, 0.717) is 59.9 Å². The number of nitrogens with one attached hydrogen (secondary N) is 2. The van der Waals surface area contributed by atoms with Crippen molar-refractivity contribution < 1.29 is 14.9 Å². The number of ether oxygens (including phenoxy) is 1. The van der Waals surface area contributed by atoms with Crippen LogP contribution in [0, 0.1) is 18.3 Å². The fraction of sp³-hybridized carbons (Fsp3) is 0.400. The Labute approximate surface area is 246 Å². The van der Waals surface area contributed by atoms with Crippen molar-refractivity contribution in [1.82, 2.24) is 9.88 Å². The number of aliphatic hydroxyl groups is 2. The van der Waals surface area contributed by atoms with Gasteiger partial charge in [-0.25, -0.2) is 4.98 Å². The molecular weight excluding hydrogens is 538 g/mol. The smallest absolute Gasteiger partial charge is 0.156 e. The SMILES string of the molecule is Cc1c(C#N)c(Nc2ccccc2)nc(NCCOCCO)c1N=Nc1ccc(SCCN(CCO)C(C)C)cc1. The quantitative estimate of drug-likeness (QED) is 0.0912. The van der Waals surface area contributed by atoms with E-state index in [1.54, 1.807) is 11.8 Å². The number of para-hydroxylation sites is 1. The van der Waals surface area contributed by atoms with Crippen LogP contribution in [0.3, 0.4) is 0 Å². The zero-order valence-corrected chi connectivity index (χ0v) is 24.7. The molecule has 0 unspecified atom stereocenters. The van der Waals surface area contributed by atoms with Crippen LogP contribution in [0.25, 0.3) is 0 Å². The largest absolute Gasteiger partial charge is 0.395 e. The lowest BCUT2D eigenvalue weighted by Crippen LogP contribution is -2.35. The Balaban J connectivity index is 1.78. The molecule has 0 saturated heterocycles. The minimum absolute atomic E-state index is 0.0454. The topological polar surface area (TPSA) is 138 Å². The first-order valence-electron chi connectivity index (χ1n) is 13.7. The van der Waals surface area contributed by atoms with E-state index in [9.17, 15) is 10.4 Å². The zero-order chi connectivity index (χ0) is 29.5. The van der Waals surface area contributed by atoms with E-state index >= 15 is 0 Å². The molecule has 218 valence electrons.